The van der Waals surface area contributed by atoms with Crippen molar-refractivity contribution in [2.45, 2.75) is 38.6 Å². The molecule has 1 aromatic rings. The van der Waals surface area contributed by atoms with Gasteiger partial charge in [-0.2, -0.15) is 0 Å². The molecule has 0 aliphatic rings. The molecule has 17 heavy (non-hydrogen) atoms. The first-order valence-corrected chi connectivity index (χ1v) is 7.69. The number of aryl methyl sites for hydroxylation is 1. The van der Waals surface area contributed by atoms with Crippen molar-refractivity contribution in [1.29, 1.82) is 0 Å². The molecule has 0 heterocycles. The summed E-state index contributed by atoms with van der Waals surface area (Å²) < 4.78 is 24.2. The van der Waals surface area contributed by atoms with E-state index < -0.39 is 9.84 Å². The number of nitrogens with one attached hydrogen (secondary N) is 1. The molecule has 0 saturated carbocycles. The van der Waals surface area contributed by atoms with Crippen LogP contribution in [0.5, 0.6) is 0 Å². The summed E-state index contributed by atoms with van der Waals surface area (Å²) in [5, 5.41) is 3.18. The van der Waals surface area contributed by atoms with E-state index in [4.69, 9.17) is 0 Å². The van der Waals surface area contributed by atoms with Crippen LogP contribution >= 0.6 is 0 Å². The number of sulfone groups is 1. The first kappa shape index (κ1) is 14.2. The van der Waals surface area contributed by atoms with Gasteiger partial charge in [0.1, 0.15) is 0 Å². The van der Waals surface area contributed by atoms with E-state index in [2.05, 4.69) is 5.32 Å². The third-order valence-corrected chi connectivity index (χ3v) is 4.60. The van der Waals surface area contributed by atoms with Gasteiger partial charge in [0, 0.05) is 6.54 Å². The standard InChI is InChI=1S/C13H21NO2S/c1-4-8-17(15,16)13-7-6-11(3)9-12(13)10-14-5-2/h6-7,9,14H,4-5,8,10H2,1-3H3. The van der Waals surface area contributed by atoms with E-state index >= 15 is 0 Å². The lowest BCUT2D eigenvalue weighted by atomic mass is 10.1. The zero-order valence-corrected chi connectivity index (χ0v) is 11.6. The van der Waals surface area contributed by atoms with Gasteiger partial charge in [0.25, 0.3) is 0 Å². The van der Waals surface area contributed by atoms with Crippen molar-refractivity contribution in [1.82, 2.24) is 5.32 Å². The fourth-order valence-corrected chi connectivity index (χ4v) is 3.35. The van der Waals surface area contributed by atoms with Crippen LogP contribution in [0.1, 0.15) is 31.4 Å². The van der Waals surface area contributed by atoms with Crippen LogP contribution < -0.4 is 5.32 Å². The summed E-state index contributed by atoms with van der Waals surface area (Å²) >= 11 is 0. The van der Waals surface area contributed by atoms with Gasteiger partial charge in [-0.25, -0.2) is 8.42 Å². The average molecular weight is 255 g/mol. The monoisotopic (exact) mass is 255 g/mol. The molecule has 0 saturated heterocycles. The van der Waals surface area contributed by atoms with Gasteiger partial charge in [-0.3, -0.25) is 0 Å². The molecule has 0 amide bonds. The number of hydrogen-bond donors (Lipinski definition) is 1. The Morgan fingerprint density at radius 2 is 1.94 bits per heavy atom. The van der Waals surface area contributed by atoms with Crippen LogP contribution in [-0.2, 0) is 16.4 Å². The van der Waals surface area contributed by atoms with Crippen LogP contribution in [-0.4, -0.2) is 20.7 Å². The van der Waals surface area contributed by atoms with E-state index in [1.807, 2.05) is 32.9 Å². The maximum atomic E-state index is 12.1. The molecule has 0 aromatic heterocycles. The van der Waals surface area contributed by atoms with Gasteiger partial charge in [0.2, 0.25) is 0 Å². The molecule has 1 rings (SSSR count). The minimum atomic E-state index is -3.13. The highest BCUT2D eigenvalue weighted by Gasteiger charge is 2.17. The molecule has 96 valence electrons. The number of rotatable bonds is 6. The van der Waals surface area contributed by atoms with E-state index in [1.165, 1.54) is 0 Å². The molecule has 1 aromatic carbocycles. The number of benzene rings is 1. The summed E-state index contributed by atoms with van der Waals surface area (Å²) in [6.45, 7) is 7.31. The highest BCUT2D eigenvalue weighted by Crippen LogP contribution is 2.19. The number of hydrogen-bond acceptors (Lipinski definition) is 3. The van der Waals surface area contributed by atoms with E-state index in [0.717, 1.165) is 17.7 Å². The van der Waals surface area contributed by atoms with E-state index in [1.54, 1.807) is 6.07 Å². The quantitative estimate of drug-likeness (QED) is 0.848. The van der Waals surface area contributed by atoms with Gasteiger partial charge in [-0.1, -0.05) is 31.5 Å². The second-order valence-corrected chi connectivity index (χ2v) is 6.29. The molecular weight excluding hydrogens is 234 g/mol. The zero-order valence-electron chi connectivity index (χ0n) is 10.8. The third-order valence-electron chi connectivity index (χ3n) is 2.59. The van der Waals surface area contributed by atoms with Crippen molar-refractivity contribution in [3.05, 3.63) is 29.3 Å². The van der Waals surface area contributed by atoms with Gasteiger partial charge in [0.05, 0.1) is 10.6 Å². The Balaban J connectivity index is 3.14. The van der Waals surface area contributed by atoms with E-state index in [0.29, 0.717) is 17.9 Å². The molecular formula is C13H21NO2S. The first-order chi connectivity index (χ1) is 8.01. The molecule has 3 nitrogen and oxygen atoms in total. The van der Waals surface area contributed by atoms with Crippen LogP contribution in [0.4, 0.5) is 0 Å². The molecule has 0 spiro atoms. The molecule has 1 N–H and O–H groups in total. The average Bonchev–Trinajstić information content (AvgIpc) is 2.26. The van der Waals surface area contributed by atoms with Crippen molar-refractivity contribution in [2.24, 2.45) is 0 Å². The van der Waals surface area contributed by atoms with Crippen LogP contribution in [0.3, 0.4) is 0 Å². The van der Waals surface area contributed by atoms with Gasteiger partial charge < -0.3 is 5.32 Å². The lowest BCUT2D eigenvalue weighted by molar-refractivity contribution is 0.592. The molecule has 0 aliphatic heterocycles. The molecule has 0 bridgehead atoms. The van der Waals surface area contributed by atoms with Crippen molar-refractivity contribution in [2.75, 3.05) is 12.3 Å². The second-order valence-electron chi connectivity index (χ2n) is 4.21. The topological polar surface area (TPSA) is 46.2 Å². The summed E-state index contributed by atoms with van der Waals surface area (Å²) in [4.78, 5) is 0.478. The Morgan fingerprint density at radius 1 is 1.24 bits per heavy atom. The van der Waals surface area contributed by atoms with Crippen LogP contribution in [0, 0.1) is 6.92 Å². The van der Waals surface area contributed by atoms with Crippen LogP contribution in [0.15, 0.2) is 23.1 Å². The summed E-state index contributed by atoms with van der Waals surface area (Å²) in [6, 6.07) is 5.54. The fourth-order valence-electron chi connectivity index (χ4n) is 1.79. The summed E-state index contributed by atoms with van der Waals surface area (Å²) in [5.74, 6) is 0.217. The highest BCUT2D eigenvalue weighted by molar-refractivity contribution is 7.91. The largest absolute Gasteiger partial charge is 0.313 e. The predicted octanol–water partition coefficient (Wildman–Crippen LogP) is 2.29. The Bertz CT molecular complexity index is 466. The molecule has 4 heteroatoms. The van der Waals surface area contributed by atoms with Crippen LogP contribution in [0.25, 0.3) is 0 Å². The molecule has 0 unspecified atom stereocenters. The highest BCUT2D eigenvalue weighted by atomic mass is 32.2. The summed E-state index contributed by atoms with van der Waals surface area (Å²) in [7, 11) is -3.13. The maximum Gasteiger partial charge on any atom is 0.178 e. The van der Waals surface area contributed by atoms with Crippen molar-refractivity contribution in [3.8, 4) is 0 Å². The minimum Gasteiger partial charge on any atom is -0.313 e. The Hall–Kier alpha value is -0.870. The summed E-state index contributed by atoms with van der Waals surface area (Å²) in [5.41, 5.74) is 1.97. The van der Waals surface area contributed by atoms with Gasteiger partial charge in [-0.05, 0) is 31.5 Å². The minimum absolute atomic E-state index is 0.217. The Morgan fingerprint density at radius 3 is 2.53 bits per heavy atom. The normalized spacial score (nSPS) is 11.7. The van der Waals surface area contributed by atoms with Gasteiger partial charge >= 0.3 is 0 Å². The smallest absolute Gasteiger partial charge is 0.178 e. The lowest BCUT2D eigenvalue weighted by Gasteiger charge is -2.11. The second kappa shape index (κ2) is 6.17. The first-order valence-electron chi connectivity index (χ1n) is 6.04. The van der Waals surface area contributed by atoms with E-state index in [-0.39, 0.29) is 5.75 Å². The van der Waals surface area contributed by atoms with Crippen LogP contribution in [0.2, 0.25) is 0 Å². The third kappa shape index (κ3) is 3.82. The fraction of sp³-hybridized carbons (Fsp3) is 0.538. The predicted molar refractivity (Wildman–Crippen MR) is 70.9 cm³/mol. The molecule has 0 atom stereocenters. The summed E-state index contributed by atoms with van der Waals surface area (Å²) in [6.07, 6.45) is 0.650. The lowest BCUT2D eigenvalue weighted by Crippen LogP contribution is -2.16. The molecule has 0 radical (unpaired) electrons. The molecule has 0 aliphatic carbocycles. The zero-order chi connectivity index (χ0) is 12.9. The Kier molecular flexibility index (Phi) is 5.15. The van der Waals surface area contributed by atoms with Crippen molar-refractivity contribution >= 4 is 9.84 Å². The van der Waals surface area contributed by atoms with Gasteiger partial charge in [0.15, 0.2) is 9.84 Å². The van der Waals surface area contributed by atoms with Crippen molar-refractivity contribution < 1.29 is 8.42 Å². The Labute approximate surface area is 104 Å². The van der Waals surface area contributed by atoms with Gasteiger partial charge in [-0.15, -0.1) is 0 Å². The SMILES string of the molecule is CCCS(=O)(=O)c1ccc(C)cc1CNCC. The van der Waals surface area contributed by atoms with Crippen molar-refractivity contribution in [3.63, 3.8) is 0 Å². The molecule has 0 fully saturated rings. The maximum absolute atomic E-state index is 12.1. The van der Waals surface area contributed by atoms with E-state index in [9.17, 15) is 8.42 Å².